The molecule has 8 heteroatoms. The van der Waals surface area contributed by atoms with E-state index in [0.29, 0.717) is 17.3 Å². The largest absolute Gasteiger partial charge is 0.349 e. The van der Waals surface area contributed by atoms with E-state index in [-0.39, 0.29) is 23.6 Å². The summed E-state index contributed by atoms with van der Waals surface area (Å²) in [4.78, 5) is 25.0. The number of para-hydroxylation sites is 1. The molecule has 2 fully saturated rings. The van der Waals surface area contributed by atoms with E-state index in [1.165, 1.54) is 31.0 Å². The second kappa shape index (κ2) is 8.98. The second-order valence-corrected chi connectivity index (χ2v) is 8.76. The quantitative estimate of drug-likeness (QED) is 0.676. The van der Waals surface area contributed by atoms with Crippen LogP contribution in [0.25, 0.3) is 0 Å². The van der Waals surface area contributed by atoms with Crippen molar-refractivity contribution in [2.24, 2.45) is 0 Å². The molecule has 0 radical (unpaired) electrons. The van der Waals surface area contributed by atoms with E-state index in [2.05, 4.69) is 25.4 Å². The summed E-state index contributed by atoms with van der Waals surface area (Å²) in [6.45, 7) is 1.97. The minimum absolute atomic E-state index is 0.135. The Bertz CT molecular complexity index is 887. The molecule has 1 aromatic heterocycles. The first-order chi connectivity index (χ1) is 14.1. The predicted molar refractivity (Wildman–Crippen MR) is 113 cm³/mol. The van der Waals surface area contributed by atoms with Crippen molar-refractivity contribution >= 4 is 29.3 Å². The second-order valence-electron chi connectivity index (χ2n) is 7.82. The maximum atomic E-state index is 12.6. The van der Waals surface area contributed by atoms with Gasteiger partial charge in [0.25, 0.3) is 5.91 Å². The molecule has 2 aliphatic rings. The zero-order valence-corrected chi connectivity index (χ0v) is 17.5. The van der Waals surface area contributed by atoms with Gasteiger partial charge in [0.05, 0.1) is 17.0 Å². The van der Waals surface area contributed by atoms with Crippen LogP contribution in [0.5, 0.6) is 0 Å². The number of anilines is 1. The number of thioether (sulfide) groups is 1. The van der Waals surface area contributed by atoms with Crippen molar-refractivity contribution in [1.82, 2.24) is 20.1 Å². The number of aromatic nitrogens is 3. The highest BCUT2D eigenvalue weighted by molar-refractivity contribution is 7.99. The fourth-order valence-electron chi connectivity index (χ4n) is 3.81. The summed E-state index contributed by atoms with van der Waals surface area (Å²) in [5, 5.41) is 15.2. The lowest BCUT2D eigenvalue weighted by atomic mass is 9.95. The standard InChI is InChI=1S/C21H27N5O2S/c1-14-24-25-21(26(14)16-7-3-2-4-8-16)29-13-19(27)23-18-10-6-5-9-17(18)20(28)22-15-11-12-15/h5-6,9-10,15-16H,2-4,7-8,11-13H2,1H3,(H,22,28)(H,23,27). The van der Waals surface area contributed by atoms with Crippen LogP contribution in [0.1, 0.15) is 67.2 Å². The van der Waals surface area contributed by atoms with Gasteiger partial charge in [-0.1, -0.05) is 43.2 Å². The summed E-state index contributed by atoms with van der Waals surface area (Å²) in [5.74, 6) is 0.840. The van der Waals surface area contributed by atoms with Gasteiger partial charge >= 0.3 is 0 Å². The third kappa shape index (κ3) is 4.98. The summed E-state index contributed by atoms with van der Waals surface area (Å²) < 4.78 is 2.19. The molecule has 7 nitrogen and oxygen atoms in total. The molecule has 0 unspecified atom stereocenters. The fraction of sp³-hybridized carbons (Fsp3) is 0.524. The van der Waals surface area contributed by atoms with Crippen molar-refractivity contribution in [1.29, 1.82) is 0 Å². The van der Waals surface area contributed by atoms with Crippen LogP contribution in [0.2, 0.25) is 0 Å². The average molecular weight is 414 g/mol. The lowest BCUT2D eigenvalue weighted by Gasteiger charge is -2.24. The molecule has 0 spiro atoms. The number of carbonyl (C=O) groups is 2. The minimum atomic E-state index is -0.155. The average Bonchev–Trinajstić information content (AvgIpc) is 3.47. The molecule has 4 rings (SSSR count). The third-order valence-corrected chi connectivity index (χ3v) is 6.41. The number of amides is 2. The van der Waals surface area contributed by atoms with Gasteiger partial charge in [-0.2, -0.15) is 0 Å². The number of hydrogen-bond acceptors (Lipinski definition) is 5. The Balaban J connectivity index is 1.38. The van der Waals surface area contributed by atoms with Gasteiger partial charge in [0.2, 0.25) is 5.91 Å². The van der Waals surface area contributed by atoms with Crippen molar-refractivity contribution in [3.05, 3.63) is 35.7 Å². The molecule has 2 aromatic rings. The number of rotatable bonds is 7. The normalized spacial score (nSPS) is 17.1. The zero-order valence-electron chi connectivity index (χ0n) is 16.7. The highest BCUT2D eigenvalue weighted by Gasteiger charge is 2.25. The predicted octanol–water partition coefficient (Wildman–Crippen LogP) is 3.71. The molecule has 29 heavy (non-hydrogen) atoms. The third-order valence-electron chi connectivity index (χ3n) is 5.47. The Morgan fingerprint density at radius 3 is 2.62 bits per heavy atom. The summed E-state index contributed by atoms with van der Waals surface area (Å²) >= 11 is 1.40. The zero-order chi connectivity index (χ0) is 20.2. The van der Waals surface area contributed by atoms with Crippen molar-refractivity contribution in [3.63, 3.8) is 0 Å². The molecular formula is C21H27N5O2S. The summed E-state index contributed by atoms with van der Waals surface area (Å²) in [6.07, 6.45) is 8.08. The molecule has 2 saturated carbocycles. The molecule has 2 N–H and O–H groups in total. The molecule has 1 heterocycles. The van der Waals surface area contributed by atoms with E-state index in [4.69, 9.17) is 0 Å². The number of hydrogen-bond donors (Lipinski definition) is 2. The van der Waals surface area contributed by atoms with Gasteiger partial charge in [0.1, 0.15) is 5.82 Å². The van der Waals surface area contributed by atoms with Crippen molar-refractivity contribution in [3.8, 4) is 0 Å². The fourth-order valence-corrected chi connectivity index (χ4v) is 4.66. The lowest BCUT2D eigenvalue weighted by molar-refractivity contribution is -0.113. The number of carbonyl (C=O) groups excluding carboxylic acids is 2. The highest BCUT2D eigenvalue weighted by atomic mass is 32.2. The van der Waals surface area contributed by atoms with Crippen LogP contribution in [0.4, 0.5) is 5.69 Å². The van der Waals surface area contributed by atoms with Gasteiger partial charge in [-0.25, -0.2) is 0 Å². The minimum Gasteiger partial charge on any atom is -0.349 e. The summed E-state index contributed by atoms with van der Waals surface area (Å²) in [6, 6.07) is 7.83. The molecule has 0 saturated heterocycles. The molecule has 2 amide bonds. The van der Waals surface area contributed by atoms with Crippen LogP contribution in [0, 0.1) is 6.92 Å². The van der Waals surface area contributed by atoms with Crippen LogP contribution in [0.3, 0.4) is 0 Å². The van der Waals surface area contributed by atoms with E-state index in [1.54, 1.807) is 12.1 Å². The van der Waals surface area contributed by atoms with Crippen molar-refractivity contribution in [2.75, 3.05) is 11.1 Å². The van der Waals surface area contributed by atoms with Crippen LogP contribution >= 0.6 is 11.8 Å². The molecule has 0 atom stereocenters. The van der Waals surface area contributed by atoms with E-state index in [9.17, 15) is 9.59 Å². The molecule has 154 valence electrons. The molecular weight excluding hydrogens is 386 g/mol. The van der Waals surface area contributed by atoms with Gasteiger partial charge < -0.3 is 15.2 Å². The van der Waals surface area contributed by atoms with Gasteiger partial charge in [0, 0.05) is 12.1 Å². The van der Waals surface area contributed by atoms with Gasteiger partial charge in [-0.15, -0.1) is 10.2 Å². The molecule has 0 aliphatic heterocycles. The lowest BCUT2D eigenvalue weighted by Crippen LogP contribution is -2.27. The molecule has 1 aromatic carbocycles. The number of benzene rings is 1. The maximum absolute atomic E-state index is 12.6. The van der Waals surface area contributed by atoms with Crippen LogP contribution in [0.15, 0.2) is 29.4 Å². The first kappa shape index (κ1) is 19.9. The van der Waals surface area contributed by atoms with Crippen molar-refractivity contribution in [2.45, 2.75) is 69.1 Å². The van der Waals surface area contributed by atoms with E-state index < -0.39 is 0 Å². The maximum Gasteiger partial charge on any atom is 0.253 e. The first-order valence-electron chi connectivity index (χ1n) is 10.4. The Labute approximate surface area is 175 Å². The van der Waals surface area contributed by atoms with Crippen molar-refractivity contribution < 1.29 is 9.59 Å². The monoisotopic (exact) mass is 413 g/mol. The summed E-state index contributed by atoms with van der Waals surface area (Å²) in [5.41, 5.74) is 1.04. The van der Waals surface area contributed by atoms with Gasteiger partial charge in [-0.05, 0) is 44.7 Å². The Kier molecular flexibility index (Phi) is 6.18. The molecule has 0 bridgehead atoms. The Hall–Kier alpha value is -2.35. The topological polar surface area (TPSA) is 88.9 Å². The van der Waals surface area contributed by atoms with E-state index >= 15 is 0 Å². The number of nitrogens with zero attached hydrogens (tertiary/aromatic N) is 3. The van der Waals surface area contributed by atoms with E-state index in [0.717, 1.165) is 36.7 Å². The van der Waals surface area contributed by atoms with Gasteiger partial charge in [0.15, 0.2) is 5.16 Å². The van der Waals surface area contributed by atoms with Gasteiger partial charge in [-0.3, -0.25) is 9.59 Å². The number of aryl methyl sites for hydroxylation is 1. The first-order valence-corrected chi connectivity index (χ1v) is 11.3. The van der Waals surface area contributed by atoms with Crippen LogP contribution in [-0.4, -0.2) is 38.4 Å². The highest BCUT2D eigenvalue weighted by Crippen LogP contribution is 2.32. The van der Waals surface area contributed by atoms with E-state index in [1.807, 2.05) is 19.1 Å². The SMILES string of the molecule is Cc1nnc(SCC(=O)Nc2ccccc2C(=O)NC2CC2)n1C1CCCCC1. The molecule has 2 aliphatic carbocycles. The smallest absolute Gasteiger partial charge is 0.253 e. The summed E-state index contributed by atoms with van der Waals surface area (Å²) in [7, 11) is 0. The van der Waals surface area contributed by atoms with Crippen LogP contribution < -0.4 is 10.6 Å². The van der Waals surface area contributed by atoms with Crippen LogP contribution in [-0.2, 0) is 4.79 Å². The Morgan fingerprint density at radius 2 is 1.86 bits per heavy atom. The Morgan fingerprint density at radius 1 is 1.10 bits per heavy atom. The number of nitrogens with one attached hydrogen (secondary N) is 2.